The SMILES string of the molecule is CC(Nc1ccccc1)C(=O)N(C)Cc1ccc(F)cc1. The van der Waals surface area contributed by atoms with E-state index in [1.54, 1.807) is 24.1 Å². The molecule has 1 unspecified atom stereocenters. The van der Waals surface area contributed by atoms with Gasteiger partial charge in [0.1, 0.15) is 11.9 Å². The second-order valence-corrected chi connectivity index (χ2v) is 5.05. The Morgan fingerprint density at radius 1 is 1.14 bits per heavy atom. The number of likely N-dealkylation sites (N-methyl/N-ethyl adjacent to an activating group) is 1. The number of rotatable bonds is 5. The molecule has 1 amide bonds. The van der Waals surface area contributed by atoms with Gasteiger partial charge in [-0.2, -0.15) is 0 Å². The van der Waals surface area contributed by atoms with Gasteiger partial charge in [0.05, 0.1) is 0 Å². The van der Waals surface area contributed by atoms with E-state index in [-0.39, 0.29) is 17.8 Å². The Balaban J connectivity index is 1.93. The standard InChI is InChI=1S/C17H19FN2O/c1-13(19-16-6-4-3-5-7-16)17(21)20(2)12-14-8-10-15(18)11-9-14/h3-11,13,19H,12H2,1-2H3. The fourth-order valence-corrected chi connectivity index (χ4v) is 2.12. The molecule has 3 nitrogen and oxygen atoms in total. The number of nitrogens with one attached hydrogen (secondary N) is 1. The van der Waals surface area contributed by atoms with Crippen molar-refractivity contribution < 1.29 is 9.18 Å². The van der Waals surface area contributed by atoms with Gasteiger partial charge in [-0.1, -0.05) is 30.3 Å². The molecular weight excluding hydrogens is 267 g/mol. The Hall–Kier alpha value is -2.36. The van der Waals surface area contributed by atoms with Crippen LogP contribution in [0, 0.1) is 5.82 Å². The number of carbonyl (C=O) groups excluding carboxylic acids is 1. The molecule has 0 spiro atoms. The monoisotopic (exact) mass is 286 g/mol. The van der Waals surface area contributed by atoms with Crippen LogP contribution >= 0.6 is 0 Å². The number of amides is 1. The van der Waals surface area contributed by atoms with E-state index in [4.69, 9.17) is 0 Å². The highest BCUT2D eigenvalue weighted by Gasteiger charge is 2.17. The zero-order valence-corrected chi connectivity index (χ0v) is 12.2. The van der Waals surface area contributed by atoms with Crippen LogP contribution in [0.25, 0.3) is 0 Å². The smallest absolute Gasteiger partial charge is 0.244 e. The quantitative estimate of drug-likeness (QED) is 0.914. The zero-order chi connectivity index (χ0) is 15.2. The Bertz CT molecular complexity index is 583. The van der Waals surface area contributed by atoms with Gasteiger partial charge in [-0.05, 0) is 36.8 Å². The molecule has 1 atom stereocenters. The first-order chi connectivity index (χ1) is 10.1. The van der Waals surface area contributed by atoms with E-state index in [0.29, 0.717) is 6.54 Å². The van der Waals surface area contributed by atoms with Crippen molar-refractivity contribution in [3.05, 3.63) is 66.0 Å². The van der Waals surface area contributed by atoms with Crippen LogP contribution in [0.1, 0.15) is 12.5 Å². The minimum Gasteiger partial charge on any atom is -0.374 e. The average molecular weight is 286 g/mol. The summed E-state index contributed by atoms with van der Waals surface area (Å²) in [6.07, 6.45) is 0. The van der Waals surface area contributed by atoms with Gasteiger partial charge in [0.25, 0.3) is 0 Å². The summed E-state index contributed by atoms with van der Waals surface area (Å²) in [6, 6.07) is 15.5. The van der Waals surface area contributed by atoms with Gasteiger partial charge in [-0.25, -0.2) is 4.39 Å². The van der Waals surface area contributed by atoms with Crippen LogP contribution < -0.4 is 5.32 Å². The van der Waals surface area contributed by atoms with Crippen LogP contribution in [-0.4, -0.2) is 23.9 Å². The molecule has 21 heavy (non-hydrogen) atoms. The van der Waals surface area contributed by atoms with Crippen molar-refractivity contribution in [1.29, 1.82) is 0 Å². The molecule has 110 valence electrons. The van der Waals surface area contributed by atoms with Crippen molar-refractivity contribution in [2.75, 3.05) is 12.4 Å². The molecule has 0 saturated heterocycles. The molecule has 0 aliphatic rings. The van der Waals surface area contributed by atoms with E-state index in [2.05, 4.69) is 5.32 Å². The van der Waals surface area contributed by atoms with Crippen LogP contribution in [0.4, 0.5) is 10.1 Å². The molecule has 0 radical (unpaired) electrons. The molecule has 4 heteroatoms. The molecule has 0 bridgehead atoms. The molecule has 0 aliphatic carbocycles. The maximum atomic E-state index is 12.9. The zero-order valence-electron chi connectivity index (χ0n) is 12.2. The third-order valence-electron chi connectivity index (χ3n) is 3.24. The van der Waals surface area contributed by atoms with Gasteiger partial charge in [0.15, 0.2) is 0 Å². The fourth-order valence-electron chi connectivity index (χ4n) is 2.12. The third-order valence-corrected chi connectivity index (χ3v) is 3.24. The number of anilines is 1. The number of hydrogen-bond donors (Lipinski definition) is 1. The Kier molecular flexibility index (Phi) is 4.93. The van der Waals surface area contributed by atoms with E-state index in [1.165, 1.54) is 12.1 Å². The third kappa shape index (κ3) is 4.31. The largest absolute Gasteiger partial charge is 0.374 e. The normalized spacial score (nSPS) is 11.8. The molecule has 0 heterocycles. The first-order valence-electron chi connectivity index (χ1n) is 6.87. The maximum Gasteiger partial charge on any atom is 0.244 e. The minimum atomic E-state index is -0.321. The Morgan fingerprint density at radius 2 is 1.76 bits per heavy atom. The van der Waals surface area contributed by atoms with Crippen molar-refractivity contribution in [2.45, 2.75) is 19.5 Å². The van der Waals surface area contributed by atoms with Gasteiger partial charge >= 0.3 is 0 Å². The van der Waals surface area contributed by atoms with Crippen LogP contribution in [-0.2, 0) is 11.3 Å². The fraction of sp³-hybridized carbons (Fsp3) is 0.235. The summed E-state index contributed by atoms with van der Waals surface area (Å²) in [5.74, 6) is -0.282. The lowest BCUT2D eigenvalue weighted by molar-refractivity contribution is -0.130. The van der Waals surface area contributed by atoms with Crippen LogP contribution in [0.3, 0.4) is 0 Å². The van der Waals surface area contributed by atoms with Gasteiger partial charge in [-0.3, -0.25) is 4.79 Å². The summed E-state index contributed by atoms with van der Waals surface area (Å²) in [4.78, 5) is 13.9. The Labute approximate surface area is 124 Å². The van der Waals surface area contributed by atoms with Gasteiger partial charge in [0.2, 0.25) is 5.91 Å². The van der Waals surface area contributed by atoms with Gasteiger partial charge < -0.3 is 10.2 Å². The van der Waals surface area contributed by atoms with Gasteiger partial charge in [0, 0.05) is 19.3 Å². The molecule has 0 aromatic heterocycles. The number of carbonyl (C=O) groups is 1. The molecular formula is C17H19FN2O. The van der Waals surface area contributed by atoms with Crippen molar-refractivity contribution in [1.82, 2.24) is 4.90 Å². The molecule has 0 saturated carbocycles. The van der Waals surface area contributed by atoms with Crippen LogP contribution in [0.15, 0.2) is 54.6 Å². The topological polar surface area (TPSA) is 32.3 Å². The molecule has 2 aromatic carbocycles. The predicted octanol–water partition coefficient (Wildman–Crippen LogP) is 3.28. The average Bonchev–Trinajstić information content (AvgIpc) is 2.49. The molecule has 1 N–H and O–H groups in total. The van der Waals surface area contributed by atoms with E-state index < -0.39 is 0 Å². The summed E-state index contributed by atoms with van der Waals surface area (Å²) < 4.78 is 12.9. The number of benzene rings is 2. The summed E-state index contributed by atoms with van der Waals surface area (Å²) >= 11 is 0. The molecule has 0 aliphatic heterocycles. The van der Waals surface area contributed by atoms with Crippen LogP contribution in [0.2, 0.25) is 0 Å². The summed E-state index contributed by atoms with van der Waals surface area (Å²) in [5, 5.41) is 3.17. The van der Waals surface area contributed by atoms with Gasteiger partial charge in [-0.15, -0.1) is 0 Å². The number of para-hydroxylation sites is 1. The molecule has 2 rings (SSSR count). The molecule has 2 aromatic rings. The first kappa shape index (κ1) is 15.0. The minimum absolute atomic E-state index is 0.0109. The maximum absolute atomic E-state index is 12.9. The second-order valence-electron chi connectivity index (χ2n) is 5.05. The van der Waals surface area contributed by atoms with E-state index >= 15 is 0 Å². The lowest BCUT2D eigenvalue weighted by Crippen LogP contribution is -2.38. The van der Waals surface area contributed by atoms with E-state index in [1.807, 2.05) is 37.3 Å². The Morgan fingerprint density at radius 3 is 2.38 bits per heavy atom. The predicted molar refractivity (Wildman–Crippen MR) is 82.4 cm³/mol. The van der Waals surface area contributed by atoms with E-state index in [0.717, 1.165) is 11.3 Å². The van der Waals surface area contributed by atoms with Crippen molar-refractivity contribution >= 4 is 11.6 Å². The number of halogens is 1. The second kappa shape index (κ2) is 6.88. The summed E-state index contributed by atoms with van der Waals surface area (Å²) in [6.45, 7) is 2.29. The summed E-state index contributed by atoms with van der Waals surface area (Å²) in [7, 11) is 1.74. The number of hydrogen-bond acceptors (Lipinski definition) is 2. The first-order valence-corrected chi connectivity index (χ1v) is 6.87. The lowest BCUT2D eigenvalue weighted by Gasteiger charge is -2.23. The van der Waals surface area contributed by atoms with Crippen molar-refractivity contribution in [2.24, 2.45) is 0 Å². The highest BCUT2D eigenvalue weighted by atomic mass is 19.1. The van der Waals surface area contributed by atoms with Crippen molar-refractivity contribution in [3.63, 3.8) is 0 Å². The lowest BCUT2D eigenvalue weighted by atomic mass is 10.2. The van der Waals surface area contributed by atoms with Crippen molar-refractivity contribution in [3.8, 4) is 0 Å². The van der Waals surface area contributed by atoms with Crippen LogP contribution in [0.5, 0.6) is 0 Å². The molecule has 0 fully saturated rings. The van der Waals surface area contributed by atoms with E-state index in [9.17, 15) is 9.18 Å². The highest BCUT2D eigenvalue weighted by molar-refractivity contribution is 5.84. The highest BCUT2D eigenvalue weighted by Crippen LogP contribution is 2.10. The number of nitrogens with zero attached hydrogens (tertiary/aromatic N) is 1. The summed E-state index contributed by atoms with van der Waals surface area (Å²) in [5.41, 5.74) is 1.81.